The first-order valence-corrected chi connectivity index (χ1v) is 11.6. The van der Waals surface area contributed by atoms with Gasteiger partial charge >= 0.3 is 5.91 Å². The SMILES string of the molecule is C=CCOc1cccc(C2/C(=C(\O)c3c(C)nc4ccccn34)C(=O)C(=O)N2c2nnc(C)s2)c1. The van der Waals surface area contributed by atoms with E-state index in [1.54, 1.807) is 66.9 Å². The molecule has 1 aliphatic heterocycles. The number of anilines is 1. The topological polar surface area (TPSA) is 110 Å². The number of aliphatic hydroxyl groups excluding tert-OH is 1. The van der Waals surface area contributed by atoms with Crippen molar-refractivity contribution >= 4 is 39.6 Å². The summed E-state index contributed by atoms with van der Waals surface area (Å²) >= 11 is 1.19. The van der Waals surface area contributed by atoms with E-state index in [-0.39, 0.29) is 16.5 Å². The lowest BCUT2D eigenvalue weighted by molar-refractivity contribution is -0.132. The molecule has 3 aromatic heterocycles. The number of aliphatic hydroxyl groups is 1. The van der Waals surface area contributed by atoms with E-state index in [1.165, 1.54) is 16.2 Å². The summed E-state index contributed by atoms with van der Waals surface area (Å²) in [6.07, 6.45) is 3.36. The number of rotatable bonds is 6. The molecular formula is C25H21N5O4S. The van der Waals surface area contributed by atoms with Gasteiger partial charge in [-0.1, -0.05) is 42.2 Å². The fourth-order valence-electron chi connectivity index (χ4n) is 4.18. The van der Waals surface area contributed by atoms with Gasteiger partial charge in [-0.2, -0.15) is 0 Å². The number of fused-ring (bicyclic) bond motifs is 1. The zero-order valence-electron chi connectivity index (χ0n) is 19.0. The summed E-state index contributed by atoms with van der Waals surface area (Å²) in [7, 11) is 0. The summed E-state index contributed by atoms with van der Waals surface area (Å²) in [5.41, 5.74) is 1.99. The molecule has 1 N–H and O–H groups in total. The van der Waals surface area contributed by atoms with Crippen LogP contribution in [0.4, 0.5) is 5.13 Å². The molecule has 1 unspecified atom stereocenters. The van der Waals surface area contributed by atoms with Crippen molar-refractivity contribution in [3.63, 3.8) is 0 Å². The molecule has 0 saturated carbocycles. The van der Waals surface area contributed by atoms with Gasteiger partial charge in [-0.15, -0.1) is 10.2 Å². The molecule has 0 aliphatic carbocycles. The first-order chi connectivity index (χ1) is 16.9. The van der Waals surface area contributed by atoms with Crippen molar-refractivity contribution in [2.45, 2.75) is 19.9 Å². The lowest BCUT2D eigenvalue weighted by Crippen LogP contribution is -2.29. The molecule has 0 bridgehead atoms. The molecule has 1 aliphatic rings. The normalized spacial score (nSPS) is 17.3. The number of benzene rings is 1. The predicted molar refractivity (Wildman–Crippen MR) is 131 cm³/mol. The van der Waals surface area contributed by atoms with E-state index in [4.69, 9.17) is 4.74 Å². The van der Waals surface area contributed by atoms with Crippen LogP contribution in [-0.2, 0) is 9.59 Å². The Balaban J connectivity index is 1.75. The first kappa shape index (κ1) is 22.5. The van der Waals surface area contributed by atoms with E-state index >= 15 is 0 Å². The smallest absolute Gasteiger partial charge is 0.301 e. The lowest BCUT2D eigenvalue weighted by atomic mass is 9.96. The number of nitrogens with zero attached hydrogens (tertiary/aromatic N) is 5. The summed E-state index contributed by atoms with van der Waals surface area (Å²) < 4.78 is 7.36. The molecule has 10 heteroatoms. The van der Waals surface area contributed by atoms with Crippen LogP contribution in [0, 0.1) is 13.8 Å². The average Bonchev–Trinajstić information content (AvgIpc) is 3.50. The molecular weight excluding hydrogens is 466 g/mol. The number of hydrogen-bond acceptors (Lipinski definition) is 8. The second-order valence-electron chi connectivity index (χ2n) is 7.92. The minimum atomic E-state index is -0.941. The van der Waals surface area contributed by atoms with Crippen LogP contribution in [0.1, 0.15) is 28.0 Å². The largest absolute Gasteiger partial charge is 0.505 e. The molecule has 4 aromatic rings. The lowest BCUT2D eigenvalue weighted by Gasteiger charge is -2.23. The number of carbonyl (C=O) groups is 2. The Morgan fingerprint density at radius 1 is 1.20 bits per heavy atom. The van der Waals surface area contributed by atoms with Crippen molar-refractivity contribution in [1.82, 2.24) is 19.6 Å². The summed E-state index contributed by atoms with van der Waals surface area (Å²) in [4.78, 5) is 32.5. The third-order valence-electron chi connectivity index (χ3n) is 5.64. The monoisotopic (exact) mass is 487 g/mol. The molecule has 9 nitrogen and oxygen atoms in total. The molecule has 176 valence electrons. The van der Waals surface area contributed by atoms with Gasteiger partial charge in [0.1, 0.15) is 28.7 Å². The van der Waals surface area contributed by atoms with Crippen LogP contribution < -0.4 is 9.64 Å². The van der Waals surface area contributed by atoms with Crippen LogP contribution in [0.25, 0.3) is 11.4 Å². The van der Waals surface area contributed by atoms with Gasteiger partial charge in [-0.05, 0) is 43.7 Å². The molecule has 1 atom stereocenters. The van der Waals surface area contributed by atoms with Crippen LogP contribution in [0.2, 0.25) is 0 Å². The van der Waals surface area contributed by atoms with Gasteiger partial charge in [0.25, 0.3) is 5.78 Å². The number of aryl methyl sites for hydroxylation is 2. The Morgan fingerprint density at radius 3 is 2.77 bits per heavy atom. The number of pyridine rings is 1. The van der Waals surface area contributed by atoms with E-state index in [1.807, 2.05) is 6.07 Å². The second kappa shape index (κ2) is 8.80. The number of hydrogen-bond donors (Lipinski definition) is 1. The number of ketones is 1. The van der Waals surface area contributed by atoms with E-state index in [0.717, 1.165) is 0 Å². The maximum Gasteiger partial charge on any atom is 0.301 e. The van der Waals surface area contributed by atoms with E-state index in [9.17, 15) is 14.7 Å². The van der Waals surface area contributed by atoms with Gasteiger partial charge in [-0.3, -0.25) is 18.9 Å². The highest BCUT2D eigenvalue weighted by atomic mass is 32.1. The van der Waals surface area contributed by atoms with Gasteiger partial charge in [0.15, 0.2) is 5.76 Å². The second-order valence-corrected chi connectivity index (χ2v) is 9.08. The highest BCUT2D eigenvalue weighted by molar-refractivity contribution is 7.15. The Labute approximate surface area is 204 Å². The molecule has 1 aromatic carbocycles. The predicted octanol–water partition coefficient (Wildman–Crippen LogP) is 3.99. The molecule has 1 saturated heterocycles. The van der Waals surface area contributed by atoms with E-state index < -0.39 is 17.7 Å². The Morgan fingerprint density at radius 2 is 2.03 bits per heavy atom. The zero-order valence-corrected chi connectivity index (χ0v) is 19.8. The number of aromatic nitrogens is 4. The van der Waals surface area contributed by atoms with Crippen molar-refractivity contribution < 1.29 is 19.4 Å². The van der Waals surface area contributed by atoms with E-state index in [0.29, 0.717) is 40.0 Å². The van der Waals surface area contributed by atoms with Gasteiger partial charge in [0.05, 0.1) is 17.3 Å². The van der Waals surface area contributed by atoms with Crippen LogP contribution in [0.15, 0.2) is 66.9 Å². The number of amides is 1. The van der Waals surface area contributed by atoms with Crippen molar-refractivity contribution in [2.75, 3.05) is 11.5 Å². The highest BCUT2D eigenvalue weighted by Crippen LogP contribution is 2.43. The summed E-state index contributed by atoms with van der Waals surface area (Å²) in [6, 6.07) is 11.5. The molecule has 1 fully saturated rings. The first-order valence-electron chi connectivity index (χ1n) is 10.8. The fraction of sp³-hybridized carbons (Fsp3) is 0.160. The number of carbonyl (C=O) groups excluding carboxylic acids is 2. The van der Waals surface area contributed by atoms with E-state index in [2.05, 4.69) is 21.8 Å². The van der Waals surface area contributed by atoms with Crippen molar-refractivity contribution in [1.29, 1.82) is 0 Å². The van der Waals surface area contributed by atoms with Crippen LogP contribution in [0.5, 0.6) is 5.75 Å². The zero-order chi connectivity index (χ0) is 24.7. The summed E-state index contributed by atoms with van der Waals surface area (Å²) in [6.45, 7) is 7.46. The number of imidazole rings is 1. The standard InChI is InChI=1S/C25H21N5O4S/c1-4-12-34-17-9-7-8-16(13-17)21-19(23(32)24(33)30(21)25-28-27-15(3)35-25)22(31)20-14(2)26-18-10-5-6-11-29(18)20/h4-11,13,21,31H,1,12H2,2-3H3/b22-19+. The van der Waals surface area contributed by atoms with Crippen molar-refractivity contribution in [3.05, 3.63) is 88.8 Å². The minimum absolute atomic E-state index is 0.0579. The molecule has 0 spiro atoms. The Bertz CT molecular complexity index is 1520. The Kier molecular flexibility index (Phi) is 5.65. The van der Waals surface area contributed by atoms with Gasteiger partial charge < -0.3 is 9.84 Å². The van der Waals surface area contributed by atoms with Gasteiger partial charge in [0.2, 0.25) is 5.13 Å². The molecule has 35 heavy (non-hydrogen) atoms. The minimum Gasteiger partial charge on any atom is -0.505 e. The molecule has 1 amide bonds. The van der Waals surface area contributed by atoms with Crippen LogP contribution in [0.3, 0.4) is 0 Å². The number of ether oxygens (including phenoxy) is 1. The van der Waals surface area contributed by atoms with Crippen molar-refractivity contribution in [3.8, 4) is 5.75 Å². The summed E-state index contributed by atoms with van der Waals surface area (Å²) in [5, 5.41) is 20.6. The van der Waals surface area contributed by atoms with Crippen molar-refractivity contribution in [2.24, 2.45) is 0 Å². The average molecular weight is 488 g/mol. The molecule has 4 heterocycles. The van der Waals surface area contributed by atoms with Crippen LogP contribution in [-0.4, -0.2) is 43.0 Å². The quantitative estimate of drug-likeness (QED) is 0.189. The molecule has 0 radical (unpaired) electrons. The maximum atomic E-state index is 13.4. The number of Topliss-reactive ketones (excluding diaryl/α,β-unsaturated/α-hetero) is 1. The third kappa shape index (κ3) is 3.77. The highest BCUT2D eigenvalue weighted by Gasteiger charge is 2.48. The molecule has 5 rings (SSSR count). The fourth-order valence-corrected chi connectivity index (χ4v) is 4.90. The van der Waals surface area contributed by atoms with Crippen LogP contribution >= 0.6 is 11.3 Å². The van der Waals surface area contributed by atoms with Gasteiger partial charge in [0, 0.05) is 6.20 Å². The summed E-state index contributed by atoms with van der Waals surface area (Å²) in [5.74, 6) is -1.39. The third-order valence-corrected chi connectivity index (χ3v) is 6.47. The Hall–Kier alpha value is -4.31. The van der Waals surface area contributed by atoms with Gasteiger partial charge in [-0.25, -0.2) is 4.98 Å². The maximum absolute atomic E-state index is 13.4.